The van der Waals surface area contributed by atoms with E-state index in [-0.39, 0.29) is 12.8 Å². The standard InChI is InChI=1S/C20H36N6O8/c1-10(2)16(20(33)34)26-18(31)12(6-7-15(28)29)24-19(32)13(9-14(23)27)25-17(30)11(22)5-3-4-8-21/h10-13,16H,3-9,21-22H2,1-2H3,(H2,23,27)(H,24,32)(H,25,30)(H,26,31)(H,28,29)(H,33,34). The quantitative estimate of drug-likeness (QED) is 0.0988. The summed E-state index contributed by atoms with van der Waals surface area (Å²) in [6.45, 7) is 3.53. The first kappa shape index (κ1) is 30.7. The van der Waals surface area contributed by atoms with Crippen molar-refractivity contribution in [2.45, 2.75) is 76.5 Å². The van der Waals surface area contributed by atoms with Crippen LogP contribution in [0.15, 0.2) is 0 Å². The third kappa shape index (κ3) is 12.1. The molecular weight excluding hydrogens is 452 g/mol. The molecule has 14 nitrogen and oxygen atoms in total. The van der Waals surface area contributed by atoms with Gasteiger partial charge in [0.15, 0.2) is 0 Å². The molecule has 0 bridgehead atoms. The molecule has 4 unspecified atom stereocenters. The van der Waals surface area contributed by atoms with Gasteiger partial charge in [0.2, 0.25) is 23.6 Å². The van der Waals surface area contributed by atoms with Crippen molar-refractivity contribution in [3.8, 4) is 0 Å². The minimum absolute atomic E-state index is 0.281. The van der Waals surface area contributed by atoms with E-state index in [2.05, 4.69) is 16.0 Å². The first-order valence-corrected chi connectivity index (χ1v) is 10.9. The van der Waals surface area contributed by atoms with Gasteiger partial charge in [-0.25, -0.2) is 4.79 Å². The second kappa shape index (κ2) is 15.6. The lowest BCUT2D eigenvalue weighted by Crippen LogP contribution is -2.58. The van der Waals surface area contributed by atoms with Crippen molar-refractivity contribution in [2.24, 2.45) is 23.1 Å². The maximum absolute atomic E-state index is 12.8. The van der Waals surface area contributed by atoms with Gasteiger partial charge in [0, 0.05) is 6.42 Å². The number of amides is 4. The molecule has 0 heterocycles. The Kier molecular flexibility index (Phi) is 14.1. The van der Waals surface area contributed by atoms with E-state index in [4.69, 9.17) is 22.3 Å². The molecule has 4 amide bonds. The average Bonchev–Trinajstić information content (AvgIpc) is 2.72. The number of carbonyl (C=O) groups is 6. The Bertz CT molecular complexity index is 745. The van der Waals surface area contributed by atoms with Gasteiger partial charge in [-0.2, -0.15) is 0 Å². The number of aliphatic carboxylic acids is 2. The maximum atomic E-state index is 12.8. The summed E-state index contributed by atoms with van der Waals surface area (Å²) in [5.41, 5.74) is 16.4. The molecule has 0 aliphatic heterocycles. The molecular formula is C20H36N6O8. The predicted molar refractivity (Wildman–Crippen MR) is 120 cm³/mol. The molecule has 0 aromatic carbocycles. The first-order valence-electron chi connectivity index (χ1n) is 10.9. The van der Waals surface area contributed by atoms with Crippen molar-refractivity contribution < 1.29 is 39.0 Å². The fraction of sp³-hybridized carbons (Fsp3) is 0.700. The summed E-state index contributed by atoms with van der Waals surface area (Å²) in [6.07, 6.45) is -0.00659. The van der Waals surface area contributed by atoms with E-state index in [0.717, 1.165) is 0 Å². The third-order valence-corrected chi connectivity index (χ3v) is 4.85. The average molecular weight is 489 g/mol. The highest BCUT2D eigenvalue weighted by atomic mass is 16.4. The Morgan fingerprint density at radius 2 is 1.38 bits per heavy atom. The minimum atomic E-state index is -1.48. The summed E-state index contributed by atoms with van der Waals surface area (Å²) in [5.74, 6) is -6.63. The smallest absolute Gasteiger partial charge is 0.326 e. The lowest BCUT2D eigenvalue weighted by molar-refractivity contribution is -0.144. The normalized spacial score (nSPS) is 14.4. The molecule has 0 spiro atoms. The van der Waals surface area contributed by atoms with Crippen LogP contribution in [0.3, 0.4) is 0 Å². The fourth-order valence-electron chi connectivity index (χ4n) is 2.91. The number of hydrogen-bond donors (Lipinski definition) is 8. The predicted octanol–water partition coefficient (Wildman–Crippen LogP) is -2.62. The highest BCUT2D eigenvalue weighted by Crippen LogP contribution is 2.06. The molecule has 0 saturated carbocycles. The number of hydrogen-bond acceptors (Lipinski definition) is 8. The van der Waals surface area contributed by atoms with Crippen LogP contribution in [0, 0.1) is 5.92 Å². The summed E-state index contributed by atoms with van der Waals surface area (Å²) >= 11 is 0. The van der Waals surface area contributed by atoms with Crippen LogP contribution in [-0.2, 0) is 28.8 Å². The number of unbranched alkanes of at least 4 members (excludes halogenated alkanes) is 1. The van der Waals surface area contributed by atoms with E-state index in [9.17, 15) is 33.9 Å². The Hall–Kier alpha value is -3.26. The van der Waals surface area contributed by atoms with E-state index in [1.165, 1.54) is 0 Å². The molecule has 0 rings (SSSR count). The van der Waals surface area contributed by atoms with Gasteiger partial charge in [-0.3, -0.25) is 24.0 Å². The van der Waals surface area contributed by atoms with Crippen molar-refractivity contribution in [1.29, 1.82) is 0 Å². The molecule has 0 aliphatic rings. The Morgan fingerprint density at radius 1 is 0.824 bits per heavy atom. The fourth-order valence-corrected chi connectivity index (χ4v) is 2.91. The summed E-state index contributed by atoms with van der Waals surface area (Å²) in [4.78, 5) is 71.6. The van der Waals surface area contributed by atoms with Crippen molar-refractivity contribution in [2.75, 3.05) is 6.54 Å². The summed E-state index contributed by atoms with van der Waals surface area (Å²) in [7, 11) is 0. The van der Waals surface area contributed by atoms with Crippen LogP contribution in [0.2, 0.25) is 0 Å². The lowest BCUT2D eigenvalue weighted by Gasteiger charge is -2.25. The van der Waals surface area contributed by atoms with Crippen molar-refractivity contribution >= 4 is 35.6 Å². The third-order valence-electron chi connectivity index (χ3n) is 4.85. The highest BCUT2D eigenvalue weighted by molar-refractivity contribution is 5.96. The minimum Gasteiger partial charge on any atom is -0.481 e. The van der Waals surface area contributed by atoms with E-state index in [1.807, 2.05) is 0 Å². The maximum Gasteiger partial charge on any atom is 0.326 e. The molecule has 0 aromatic heterocycles. The van der Waals surface area contributed by atoms with Crippen LogP contribution in [0.1, 0.15) is 52.4 Å². The van der Waals surface area contributed by atoms with Crippen LogP contribution >= 0.6 is 0 Å². The Labute approximate surface area is 197 Å². The van der Waals surface area contributed by atoms with Gasteiger partial charge in [-0.15, -0.1) is 0 Å². The zero-order valence-electron chi connectivity index (χ0n) is 19.4. The SMILES string of the molecule is CC(C)C(NC(=O)C(CCC(=O)O)NC(=O)C(CC(N)=O)NC(=O)C(N)CCCCN)C(=O)O. The number of nitrogens with two attached hydrogens (primary N) is 3. The van der Waals surface area contributed by atoms with Crippen LogP contribution in [0.25, 0.3) is 0 Å². The van der Waals surface area contributed by atoms with Crippen LogP contribution < -0.4 is 33.2 Å². The van der Waals surface area contributed by atoms with Crippen molar-refractivity contribution in [3.05, 3.63) is 0 Å². The van der Waals surface area contributed by atoms with Gasteiger partial charge in [0.25, 0.3) is 0 Å². The van der Waals surface area contributed by atoms with Gasteiger partial charge in [-0.05, 0) is 31.7 Å². The molecule has 0 aromatic rings. The molecule has 0 aliphatic carbocycles. The number of primary amides is 1. The topological polar surface area (TPSA) is 257 Å². The van der Waals surface area contributed by atoms with Gasteiger partial charge < -0.3 is 43.4 Å². The van der Waals surface area contributed by atoms with Gasteiger partial charge >= 0.3 is 11.9 Å². The number of rotatable bonds is 17. The highest BCUT2D eigenvalue weighted by Gasteiger charge is 2.32. The monoisotopic (exact) mass is 488 g/mol. The number of nitrogens with one attached hydrogen (secondary N) is 3. The molecule has 11 N–H and O–H groups in total. The van der Waals surface area contributed by atoms with E-state index in [1.54, 1.807) is 13.8 Å². The van der Waals surface area contributed by atoms with Crippen molar-refractivity contribution in [1.82, 2.24) is 16.0 Å². The van der Waals surface area contributed by atoms with Crippen LogP contribution in [0.5, 0.6) is 0 Å². The van der Waals surface area contributed by atoms with Gasteiger partial charge in [0.1, 0.15) is 18.1 Å². The number of carboxylic acid groups (broad SMARTS) is 2. The second-order valence-electron chi connectivity index (χ2n) is 8.18. The number of carbonyl (C=O) groups excluding carboxylic acids is 4. The van der Waals surface area contributed by atoms with E-state index < -0.39 is 78.5 Å². The summed E-state index contributed by atoms with van der Waals surface area (Å²) in [5, 5.41) is 25.1. The first-order chi connectivity index (χ1) is 15.8. The molecule has 194 valence electrons. The Balaban J connectivity index is 5.50. The second-order valence-corrected chi connectivity index (χ2v) is 8.18. The molecule has 4 atom stereocenters. The lowest BCUT2D eigenvalue weighted by atomic mass is 10.0. The van der Waals surface area contributed by atoms with Crippen LogP contribution in [-0.4, -0.2) is 76.5 Å². The van der Waals surface area contributed by atoms with Crippen LogP contribution in [0.4, 0.5) is 0 Å². The van der Waals surface area contributed by atoms with Gasteiger partial charge in [0.05, 0.1) is 12.5 Å². The summed E-state index contributed by atoms with van der Waals surface area (Å²) in [6, 6.07) is -5.20. The molecule has 14 heteroatoms. The molecule has 0 fully saturated rings. The summed E-state index contributed by atoms with van der Waals surface area (Å²) < 4.78 is 0. The molecule has 34 heavy (non-hydrogen) atoms. The zero-order valence-corrected chi connectivity index (χ0v) is 19.4. The molecule has 0 radical (unpaired) electrons. The zero-order chi connectivity index (χ0) is 26.4. The Morgan fingerprint density at radius 3 is 1.85 bits per heavy atom. The largest absolute Gasteiger partial charge is 0.481 e. The van der Waals surface area contributed by atoms with Crippen molar-refractivity contribution in [3.63, 3.8) is 0 Å². The van der Waals surface area contributed by atoms with Gasteiger partial charge in [-0.1, -0.05) is 20.3 Å². The van der Waals surface area contributed by atoms with E-state index in [0.29, 0.717) is 19.4 Å². The molecule has 0 saturated heterocycles. The van der Waals surface area contributed by atoms with E-state index >= 15 is 0 Å². The number of carboxylic acids is 2.